The minimum absolute atomic E-state index is 0.200. The zero-order valence-corrected chi connectivity index (χ0v) is 16.5. The normalized spacial score (nSPS) is 12.5. The molecule has 1 N–H and O–H groups in total. The molecule has 2 aromatic carbocycles. The summed E-state index contributed by atoms with van der Waals surface area (Å²) in [6.45, 7) is 8.00. The van der Waals surface area contributed by atoms with Crippen molar-refractivity contribution >= 4 is 43.7 Å². The Morgan fingerprint density at radius 2 is 2.04 bits per heavy atom. The largest absolute Gasteiger partial charge is 0.494 e. The highest BCUT2D eigenvalue weighted by Crippen LogP contribution is 2.36. The smallest absolute Gasteiger partial charge is 0.302 e. The van der Waals surface area contributed by atoms with Gasteiger partial charge < -0.3 is 14.5 Å². The molecular formula is C20H22BrNO3. The Morgan fingerprint density at radius 3 is 2.72 bits per heavy atom. The molecule has 0 saturated carbocycles. The molecule has 0 fully saturated rings. The van der Waals surface area contributed by atoms with Crippen molar-refractivity contribution in [2.75, 3.05) is 6.61 Å². The number of carbonyl (C=O) groups is 1. The predicted octanol–water partition coefficient (Wildman–Crippen LogP) is 5.28. The van der Waals surface area contributed by atoms with Crippen molar-refractivity contribution in [3.05, 3.63) is 39.9 Å². The number of hydrogen-bond acceptors (Lipinski definition) is 3. The summed E-state index contributed by atoms with van der Waals surface area (Å²) in [5.41, 5.74) is 4.36. The van der Waals surface area contributed by atoms with Gasteiger partial charge in [0, 0.05) is 34.1 Å². The minimum atomic E-state index is -0.261. The SMILES string of the molecule is CCOc1cc2c([nH]c3ccc(Br)cc32)c(CC(C)OC(C)=O)c1C. The van der Waals surface area contributed by atoms with E-state index in [0.717, 1.165) is 43.2 Å². The predicted molar refractivity (Wildman–Crippen MR) is 104 cm³/mol. The van der Waals surface area contributed by atoms with Crippen LogP contribution in [0.25, 0.3) is 21.8 Å². The average molecular weight is 404 g/mol. The molecule has 0 amide bonds. The molecule has 0 aliphatic heterocycles. The first-order chi connectivity index (χ1) is 11.9. The summed E-state index contributed by atoms with van der Waals surface area (Å²) < 4.78 is 12.2. The van der Waals surface area contributed by atoms with Gasteiger partial charge in [-0.1, -0.05) is 15.9 Å². The fourth-order valence-electron chi connectivity index (χ4n) is 3.32. The highest BCUT2D eigenvalue weighted by molar-refractivity contribution is 9.10. The van der Waals surface area contributed by atoms with E-state index < -0.39 is 0 Å². The molecule has 5 heteroatoms. The van der Waals surface area contributed by atoms with Gasteiger partial charge in [0.2, 0.25) is 0 Å². The van der Waals surface area contributed by atoms with E-state index in [-0.39, 0.29) is 12.1 Å². The molecule has 1 aromatic heterocycles. The Labute approximate surface area is 155 Å². The summed E-state index contributed by atoms with van der Waals surface area (Å²) >= 11 is 3.55. The van der Waals surface area contributed by atoms with Crippen LogP contribution in [0.5, 0.6) is 5.75 Å². The minimum Gasteiger partial charge on any atom is -0.494 e. The molecule has 0 aliphatic carbocycles. The summed E-state index contributed by atoms with van der Waals surface area (Å²) in [6.07, 6.45) is 0.436. The Bertz CT molecular complexity index is 945. The average Bonchev–Trinajstić information content (AvgIpc) is 2.88. The first-order valence-corrected chi connectivity index (χ1v) is 9.23. The van der Waals surface area contributed by atoms with Crippen molar-refractivity contribution in [2.24, 2.45) is 0 Å². The lowest BCUT2D eigenvalue weighted by atomic mass is 9.98. The van der Waals surface area contributed by atoms with Crippen LogP contribution in [0.1, 0.15) is 31.9 Å². The lowest BCUT2D eigenvalue weighted by Gasteiger charge is -2.17. The van der Waals surface area contributed by atoms with Crippen LogP contribution in [-0.2, 0) is 16.0 Å². The Hall–Kier alpha value is -2.01. The lowest BCUT2D eigenvalue weighted by Crippen LogP contribution is -2.16. The van der Waals surface area contributed by atoms with Crippen LogP contribution < -0.4 is 4.74 Å². The maximum absolute atomic E-state index is 11.3. The maximum atomic E-state index is 11.3. The monoisotopic (exact) mass is 403 g/mol. The topological polar surface area (TPSA) is 51.3 Å². The number of nitrogens with one attached hydrogen (secondary N) is 1. The van der Waals surface area contributed by atoms with Crippen LogP contribution in [0, 0.1) is 6.92 Å². The summed E-state index contributed by atoms with van der Waals surface area (Å²) in [5.74, 6) is 0.615. The zero-order chi connectivity index (χ0) is 18.1. The van der Waals surface area contributed by atoms with E-state index in [1.54, 1.807) is 0 Å². The Morgan fingerprint density at radius 1 is 1.28 bits per heavy atom. The molecule has 0 bridgehead atoms. The maximum Gasteiger partial charge on any atom is 0.302 e. The number of benzene rings is 2. The fraction of sp³-hybridized carbons (Fsp3) is 0.350. The molecule has 1 atom stereocenters. The molecule has 0 saturated heterocycles. The highest BCUT2D eigenvalue weighted by atomic mass is 79.9. The second kappa shape index (κ2) is 7.08. The Kier molecular flexibility index (Phi) is 5.04. The molecule has 4 nitrogen and oxygen atoms in total. The van der Waals surface area contributed by atoms with E-state index in [4.69, 9.17) is 9.47 Å². The van der Waals surface area contributed by atoms with Gasteiger partial charge in [-0.25, -0.2) is 0 Å². The molecule has 1 unspecified atom stereocenters. The van der Waals surface area contributed by atoms with E-state index in [1.165, 1.54) is 6.92 Å². The van der Waals surface area contributed by atoms with E-state index in [2.05, 4.69) is 46.0 Å². The van der Waals surface area contributed by atoms with E-state index in [9.17, 15) is 4.79 Å². The highest BCUT2D eigenvalue weighted by Gasteiger charge is 2.18. The molecule has 1 heterocycles. The molecule has 3 rings (SSSR count). The Balaban J connectivity index is 2.22. The number of hydrogen-bond donors (Lipinski definition) is 1. The number of carbonyl (C=O) groups excluding carboxylic acids is 1. The number of H-pyrrole nitrogens is 1. The molecular weight excluding hydrogens is 382 g/mol. The third kappa shape index (κ3) is 3.52. The van der Waals surface area contributed by atoms with Gasteiger partial charge in [-0.15, -0.1) is 0 Å². The number of fused-ring (bicyclic) bond motifs is 3. The first-order valence-electron chi connectivity index (χ1n) is 8.44. The molecule has 0 spiro atoms. The summed E-state index contributed by atoms with van der Waals surface area (Å²) in [5, 5.41) is 2.27. The molecule has 0 radical (unpaired) electrons. The van der Waals surface area contributed by atoms with Crippen LogP contribution >= 0.6 is 15.9 Å². The van der Waals surface area contributed by atoms with E-state index in [1.807, 2.05) is 19.9 Å². The van der Waals surface area contributed by atoms with Gasteiger partial charge >= 0.3 is 5.97 Å². The van der Waals surface area contributed by atoms with E-state index in [0.29, 0.717) is 13.0 Å². The third-order valence-corrected chi connectivity index (χ3v) is 4.85. The van der Waals surface area contributed by atoms with Crippen molar-refractivity contribution in [3.8, 4) is 5.75 Å². The van der Waals surface area contributed by atoms with E-state index >= 15 is 0 Å². The second-order valence-electron chi connectivity index (χ2n) is 6.27. The van der Waals surface area contributed by atoms with Crippen molar-refractivity contribution in [1.29, 1.82) is 0 Å². The van der Waals surface area contributed by atoms with Crippen LogP contribution in [0.15, 0.2) is 28.7 Å². The standard InChI is InChI=1S/C20H22BrNO3/c1-5-24-19-10-17-16-9-14(21)6-7-18(16)22-20(17)15(12(19)3)8-11(2)25-13(4)23/h6-7,9-11,22H,5,8H2,1-4H3. The van der Waals surface area contributed by atoms with Gasteiger partial charge in [0.1, 0.15) is 11.9 Å². The van der Waals surface area contributed by atoms with Crippen LogP contribution in [-0.4, -0.2) is 23.7 Å². The summed E-state index contributed by atoms with van der Waals surface area (Å²) in [4.78, 5) is 14.8. The van der Waals surface area contributed by atoms with Gasteiger partial charge in [-0.3, -0.25) is 4.79 Å². The van der Waals surface area contributed by atoms with Gasteiger partial charge in [0.05, 0.1) is 12.1 Å². The summed E-state index contributed by atoms with van der Waals surface area (Å²) in [6, 6.07) is 8.29. The number of halogens is 1. The number of esters is 1. The van der Waals surface area contributed by atoms with Gasteiger partial charge in [-0.05, 0) is 56.2 Å². The molecule has 3 aromatic rings. The van der Waals surface area contributed by atoms with Crippen LogP contribution in [0.3, 0.4) is 0 Å². The van der Waals surface area contributed by atoms with Gasteiger partial charge in [0.25, 0.3) is 0 Å². The number of aromatic amines is 1. The third-order valence-electron chi connectivity index (χ3n) is 4.36. The molecule has 132 valence electrons. The van der Waals surface area contributed by atoms with Crippen molar-refractivity contribution in [2.45, 2.75) is 40.2 Å². The summed E-state index contributed by atoms with van der Waals surface area (Å²) in [7, 11) is 0. The quantitative estimate of drug-likeness (QED) is 0.589. The number of ether oxygens (including phenoxy) is 2. The lowest BCUT2D eigenvalue weighted by molar-refractivity contribution is -0.145. The first kappa shape index (κ1) is 17.8. The van der Waals surface area contributed by atoms with Crippen LogP contribution in [0.2, 0.25) is 0 Å². The number of aromatic nitrogens is 1. The van der Waals surface area contributed by atoms with Gasteiger partial charge in [-0.2, -0.15) is 0 Å². The molecule has 25 heavy (non-hydrogen) atoms. The second-order valence-corrected chi connectivity index (χ2v) is 7.19. The van der Waals surface area contributed by atoms with Crippen molar-refractivity contribution < 1.29 is 14.3 Å². The van der Waals surface area contributed by atoms with Crippen LogP contribution in [0.4, 0.5) is 0 Å². The molecule has 0 aliphatic rings. The number of rotatable bonds is 5. The van der Waals surface area contributed by atoms with Crippen molar-refractivity contribution in [1.82, 2.24) is 4.98 Å². The zero-order valence-electron chi connectivity index (χ0n) is 14.9. The van der Waals surface area contributed by atoms with Crippen molar-refractivity contribution in [3.63, 3.8) is 0 Å². The van der Waals surface area contributed by atoms with Gasteiger partial charge in [0.15, 0.2) is 0 Å². The fourth-order valence-corrected chi connectivity index (χ4v) is 3.68.